The average molecular weight is 324 g/mol. The molecular formula is C16H12N4O4. The first-order valence-corrected chi connectivity index (χ1v) is 7.23. The molecule has 120 valence electrons. The second-order valence-corrected chi connectivity index (χ2v) is 5.24. The van der Waals surface area contributed by atoms with Crippen LogP contribution < -0.4 is 14.8 Å². The van der Waals surface area contributed by atoms with E-state index >= 15 is 0 Å². The number of rotatable bonds is 4. The second kappa shape index (κ2) is 5.65. The van der Waals surface area contributed by atoms with E-state index in [1.807, 2.05) is 18.2 Å². The Balaban J connectivity index is 1.52. The zero-order chi connectivity index (χ0) is 16.5. The SMILES string of the molecule is O=[N+]([O-])c1ccc2nc(NCc3ccc4c(c3)OCO4)ncc2c1. The van der Waals surface area contributed by atoms with Crippen LogP contribution in [0.1, 0.15) is 5.56 Å². The highest BCUT2D eigenvalue weighted by atomic mass is 16.7. The number of benzene rings is 2. The lowest BCUT2D eigenvalue weighted by Gasteiger charge is -2.06. The molecule has 0 aliphatic carbocycles. The molecule has 2 aromatic carbocycles. The summed E-state index contributed by atoms with van der Waals surface area (Å²) in [5.41, 5.74) is 1.67. The zero-order valence-corrected chi connectivity index (χ0v) is 12.4. The molecule has 0 bridgehead atoms. The van der Waals surface area contributed by atoms with Gasteiger partial charge in [0, 0.05) is 30.3 Å². The number of fused-ring (bicyclic) bond motifs is 2. The van der Waals surface area contributed by atoms with Crippen LogP contribution in [0.25, 0.3) is 10.9 Å². The minimum absolute atomic E-state index is 0.0205. The van der Waals surface area contributed by atoms with Crippen LogP contribution in [-0.2, 0) is 6.54 Å². The molecule has 8 heteroatoms. The summed E-state index contributed by atoms with van der Waals surface area (Å²) in [7, 11) is 0. The molecule has 0 amide bonds. The molecule has 8 nitrogen and oxygen atoms in total. The zero-order valence-electron chi connectivity index (χ0n) is 12.4. The molecule has 0 atom stereocenters. The van der Waals surface area contributed by atoms with E-state index in [1.54, 1.807) is 12.3 Å². The van der Waals surface area contributed by atoms with Crippen molar-refractivity contribution >= 4 is 22.5 Å². The van der Waals surface area contributed by atoms with Gasteiger partial charge < -0.3 is 14.8 Å². The minimum Gasteiger partial charge on any atom is -0.454 e. The number of hydrogen-bond acceptors (Lipinski definition) is 7. The summed E-state index contributed by atoms with van der Waals surface area (Å²) in [5.74, 6) is 1.91. The number of nitrogens with zero attached hydrogens (tertiary/aromatic N) is 3. The third-order valence-electron chi connectivity index (χ3n) is 3.66. The van der Waals surface area contributed by atoms with Crippen LogP contribution in [0.5, 0.6) is 11.5 Å². The van der Waals surface area contributed by atoms with Crippen molar-refractivity contribution in [1.82, 2.24) is 9.97 Å². The van der Waals surface area contributed by atoms with Crippen molar-refractivity contribution in [3.8, 4) is 11.5 Å². The monoisotopic (exact) mass is 324 g/mol. The van der Waals surface area contributed by atoms with Crippen LogP contribution in [-0.4, -0.2) is 21.7 Å². The fraction of sp³-hybridized carbons (Fsp3) is 0.125. The molecule has 0 saturated carbocycles. The predicted molar refractivity (Wildman–Crippen MR) is 86.1 cm³/mol. The summed E-state index contributed by atoms with van der Waals surface area (Å²) in [6.45, 7) is 0.765. The van der Waals surface area contributed by atoms with Gasteiger partial charge in [0.05, 0.1) is 10.4 Å². The Labute approximate surface area is 136 Å². The molecule has 2 heterocycles. The van der Waals surface area contributed by atoms with Crippen LogP contribution in [0.4, 0.5) is 11.6 Å². The van der Waals surface area contributed by atoms with Crippen LogP contribution in [0.15, 0.2) is 42.6 Å². The molecule has 0 radical (unpaired) electrons. The first kappa shape index (κ1) is 14.2. The summed E-state index contributed by atoms with van der Waals surface area (Å²) in [5, 5.41) is 14.5. The van der Waals surface area contributed by atoms with E-state index in [4.69, 9.17) is 9.47 Å². The highest BCUT2D eigenvalue weighted by molar-refractivity contribution is 5.81. The lowest BCUT2D eigenvalue weighted by Crippen LogP contribution is -2.03. The van der Waals surface area contributed by atoms with Crippen molar-refractivity contribution in [2.45, 2.75) is 6.54 Å². The molecule has 24 heavy (non-hydrogen) atoms. The van der Waals surface area contributed by atoms with Crippen LogP contribution >= 0.6 is 0 Å². The maximum absolute atomic E-state index is 10.8. The van der Waals surface area contributed by atoms with E-state index in [-0.39, 0.29) is 12.5 Å². The van der Waals surface area contributed by atoms with Gasteiger partial charge in [-0.15, -0.1) is 0 Å². The summed E-state index contributed by atoms with van der Waals surface area (Å²) >= 11 is 0. The van der Waals surface area contributed by atoms with Gasteiger partial charge in [0.25, 0.3) is 5.69 Å². The predicted octanol–water partition coefficient (Wildman–Crippen LogP) is 2.88. The lowest BCUT2D eigenvalue weighted by molar-refractivity contribution is -0.384. The van der Waals surface area contributed by atoms with E-state index < -0.39 is 4.92 Å². The lowest BCUT2D eigenvalue weighted by atomic mass is 10.2. The van der Waals surface area contributed by atoms with Crippen molar-refractivity contribution in [3.63, 3.8) is 0 Å². The van der Waals surface area contributed by atoms with Crippen molar-refractivity contribution in [2.24, 2.45) is 0 Å². The normalized spacial score (nSPS) is 12.3. The standard InChI is InChI=1S/C16H12N4O4/c21-20(22)12-2-3-13-11(6-12)8-18-16(19-13)17-7-10-1-4-14-15(5-10)24-9-23-14/h1-6,8H,7,9H2,(H,17,18,19). The minimum atomic E-state index is -0.439. The third-order valence-corrected chi connectivity index (χ3v) is 3.66. The van der Waals surface area contributed by atoms with E-state index in [0.29, 0.717) is 23.4 Å². The van der Waals surface area contributed by atoms with Gasteiger partial charge >= 0.3 is 0 Å². The van der Waals surface area contributed by atoms with Gasteiger partial charge in [-0.2, -0.15) is 0 Å². The maximum Gasteiger partial charge on any atom is 0.270 e. The Morgan fingerprint density at radius 2 is 2.04 bits per heavy atom. The molecule has 1 aromatic heterocycles. The summed E-state index contributed by atoms with van der Waals surface area (Å²) < 4.78 is 10.6. The largest absolute Gasteiger partial charge is 0.454 e. The number of anilines is 1. The molecule has 1 N–H and O–H groups in total. The number of aromatic nitrogens is 2. The smallest absolute Gasteiger partial charge is 0.270 e. The third kappa shape index (κ3) is 2.65. The van der Waals surface area contributed by atoms with Gasteiger partial charge in [-0.1, -0.05) is 6.07 Å². The van der Waals surface area contributed by atoms with Crippen molar-refractivity contribution in [3.05, 3.63) is 58.3 Å². The van der Waals surface area contributed by atoms with E-state index in [1.165, 1.54) is 12.1 Å². The van der Waals surface area contributed by atoms with E-state index in [9.17, 15) is 10.1 Å². The first-order valence-electron chi connectivity index (χ1n) is 7.23. The Hall–Kier alpha value is -3.42. The van der Waals surface area contributed by atoms with Gasteiger partial charge in [0.1, 0.15) is 0 Å². The van der Waals surface area contributed by atoms with Crippen molar-refractivity contribution in [1.29, 1.82) is 0 Å². The second-order valence-electron chi connectivity index (χ2n) is 5.24. The van der Waals surface area contributed by atoms with Gasteiger partial charge in [-0.05, 0) is 23.8 Å². The number of hydrogen-bond donors (Lipinski definition) is 1. The Kier molecular flexibility index (Phi) is 3.34. The molecule has 0 saturated heterocycles. The van der Waals surface area contributed by atoms with Crippen molar-refractivity contribution in [2.75, 3.05) is 12.1 Å². The van der Waals surface area contributed by atoms with Gasteiger partial charge in [0.2, 0.25) is 12.7 Å². The quantitative estimate of drug-likeness (QED) is 0.582. The molecule has 1 aliphatic heterocycles. The Bertz CT molecular complexity index is 945. The fourth-order valence-corrected chi connectivity index (χ4v) is 2.45. The number of nitrogens with one attached hydrogen (secondary N) is 1. The van der Waals surface area contributed by atoms with Gasteiger partial charge in [0.15, 0.2) is 11.5 Å². The Morgan fingerprint density at radius 3 is 2.92 bits per heavy atom. The number of nitro benzene ring substituents is 1. The first-order chi connectivity index (χ1) is 11.7. The fourth-order valence-electron chi connectivity index (χ4n) is 2.45. The maximum atomic E-state index is 10.8. The Morgan fingerprint density at radius 1 is 1.17 bits per heavy atom. The van der Waals surface area contributed by atoms with Crippen LogP contribution in [0.3, 0.4) is 0 Å². The van der Waals surface area contributed by atoms with Crippen LogP contribution in [0.2, 0.25) is 0 Å². The van der Waals surface area contributed by atoms with E-state index in [0.717, 1.165) is 17.1 Å². The molecule has 3 aromatic rings. The molecule has 4 rings (SSSR count). The molecule has 0 unspecified atom stereocenters. The van der Waals surface area contributed by atoms with Crippen LogP contribution in [0, 0.1) is 10.1 Å². The van der Waals surface area contributed by atoms with Gasteiger partial charge in [-0.25, -0.2) is 9.97 Å². The molecule has 0 fully saturated rings. The summed E-state index contributed by atoms with van der Waals surface area (Å²) in [4.78, 5) is 18.9. The average Bonchev–Trinajstić information content (AvgIpc) is 3.07. The van der Waals surface area contributed by atoms with Crippen molar-refractivity contribution < 1.29 is 14.4 Å². The number of non-ortho nitro benzene ring substituents is 1. The number of ether oxygens (including phenoxy) is 2. The summed E-state index contributed by atoms with van der Waals surface area (Å²) in [6.07, 6.45) is 1.57. The van der Waals surface area contributed by atoms with Gasteiger partial charge in [-0.3, -0.25) is 10.1 Å². The highest BCUT2D eigenvalue weighted by Crippen LogP contribution is 2.32. The highest BCUT2D eigenvalue weighted by Gasteiger charge is 2.13. The van der Waals surface area contributed by atoms with E-state index in [2.05, 4.69) is 15.3 Å². The number of nitro groups is 1. The molecule has 1 aliphatic rings. The molecular weight excluding hydrogens is 312 g/mol. The topological polar surface area (TPSA) is 99.4 Å². The summed E-state index contributed by atoms with van der Waals surface area (Å²) in [6, 6.07) is 10.2. The molecule has 0 spiro atoms.